The van der Waals surface area contributed by atoms with Crippen LogP contribution >= 0.6 is 0 Å². The van der Waals surface area contributed by atoms with Crippen molar-refractivity contribution in [2.24, 2.45) is 0 Å². The van der Waals surface area contributed by atoms with Crippen LogP contribution in [-0.2, 0) is 16.1 Å². The standard InChI is InChI=1S/C19H21F3N2O4/c1-13(24-18(25)11-27-12-19(20,21)22)15-3-4-16(17(9-15)26-2)28-10-14-5-7-23-8-6-14/h3-9,13H,10-12H2,1-2H3,(H,24,25). The zero-order valence-corrected chi connectivity index (χ0v) is 15.5. The fraction of sp³-hybridized carbons (Fsp3) is 0.368. The number of alkyl halides is 3. The lowest BCUT2D eigenvalue weighted by atomic mass is 10.1. The van der Waals surface area contributed by atoms with E-state index in [1.807, 2.05) is 12.1 Å². The maximum absolute atomic E-state index is 12.0. The molecule has 0 aliphatic carbocycles. The summed E-state index contributed by atoms with van der Waals surface area (Å²) >= 11 is 0. The summed E-state index contributed by atoms with van der Waals surface area (Å²) in [5, 5.41) is 2.58. The second-order valence-corrected chi connectivity index (χ2v) is 5.95. The van der Waals surface area contributed by atoms with Gasteiger partial charge in [0.05, 0.1) is 13.2 Å². The summed E-state index contributed by atoms with van der Waals surface area (Å²) in [6.07, 6.45) is -1.13. The number of rotatable bonds is 9. The van der Waals surface area contributed by atoms with Gasteiger partial charge in [-0.3, -0.25) is 9.78 Å². The van der Waals surface area contributed by atoms with Gasteiger partial charge in [-0.25, -0.2) is 0 Å². The van der Waals surface area contributed by atoms with Crippen molar-refractivity contribution in [3.05, 3.63) is 53.9 Å². The highest BCUT2D eigenvalue weighted by Gasteiger charge is 2.27. The van der Waals surface area contributed by atoms with Crippen LogP contribution in [0.4, 0.5) is 13.2 Å². The van der Waals surface area contributed by atoms with E-state index in [1.54, 1.807) is 37.5 Å². The Morgan fingerprint density at radius 3 is 2.54 bits per heavy atom. The minimum absolute atomic E-state index is 0.334. The zero-order valence-electron chi connectivity index (χ0n) is 15.5. The lowest BCUT2D eigenvalue weighted by molar-refractivity contribution is -0.175. The molecule has 0 radical (unpaired) electrons. The number of carbonyl (C=O) groups excluding carboxylic acids is 1. The van der Waals surface area contributed by atoms with Gasteiger partial charge in [-0.05, 0) is 42.3 Å². The molecule has 28 heavy (non-hydrogen) atoms. The molecule has 0 saturated heterocycles. The lowest BCUT2D eigenvalue weighted by Crippen LogP contribution is -2.31. The van der Waals surface area contributed by atoms with Gasteiger partial charge in [-0.1, -0.05) is 6.07 Å². The van der Waals surface area contributed by atoms with E-state index in [1.165, 1.54) is 7.11 Å². The van der Waals surface area contributed by atoms with E-state index >= 15 is 0 Å². The molecule has 1 amide bonds. The Morgan fingerprint density at radius 1 is 1.18 bits per heavy atom. The Morgan fingerprint density at radius 2 is 1.89 bits per heavy atom. The van der Waals surface area contributed by atoms with Gasteiger partial charge >= 0.3 is 6.18 Å². The third kappa shape index (κ3) is 7.07. The minimum atomic E-state index is -4.47. The molecule has 1 aromatic heterocycles. The largest absolute Gasteiger partial charge is 0.493 e. The van der Waals surface area contributed by atoms with Crippen LogP contribution in [0.15, 0.2) is 42.7 Å². The third-order valence-corrected chi connectivity index (χ3v) is 3.71. The molecule has 0 aliphatic rings. The first-order valence-electron chi connectivity index (χ1n) is 8.42. The van der Waals surface area contributed by atoms with Crippen LogP contribution in [0.3, 0.4) is 0 Å². The second-order valence-electron chi connectivity index (χ2n) is 5.95. The zero-order chi connectivity index (χ0) is 20.6. The molecule has 1 unspecified atom stereocenters. The molecular formula is C19H21F3N2O4. The summed E-state index contributed by atoms with van der Waals surface area (Å²) in [6, 6.07) is 8.36. The average Bonchev–Trinajstić information content (AvgIpc) is 2.66. The van der Waals surface area contributed by atoms with Gasteiger partial charge in [0.2, 0.25) is 5.91 Å². The Labute approximate surface area is 160 Å². The number of methoxy groups -OCH3 is 1. The first-order chi connectivity index (χ1) is 13.3. The van der Waals surface area contributed by atoms with Gasteiger partial charge in [0.15, 0.2) is 11.5 Å². The first kappa shape index (κ1) is 21.5. The van der Waals surface area contributed by atoms with E-state index in [9.17, 15) is 18.0 Å². The summed E-state index contributed by atoms with van der Waals surface area (Å²) in [4.78, 5) is 15.7. The Bertz CT molecular complexity index is 770. The second kappa shape index (κ2) is 9.93. The predicted molar refractivity (Wildman–Crippen MR) is 95.0 cm³/mol. The van der Waals surface area contributed by atoms with Gasteiger partial charge in [0.1, 0.15) is 19.8 Å². The highest BCUT2D eigenvalue weighted by molar-refractivity contribution is 5.77. The smallest absolute Gasteiger partial charge is 0.411 e. The summed E-state index contributed by atoms with van der Waals surface area (Å²) in [5.41, 5.74) is 1.65. The summed E-state index contributed by atoms with van der Waals surface area (Å²) in [6.45, 7) is -0.102. The van der Waals surface area contributed by atoms with E-state index in [4.69, 9.17) is 9.47 Å². The molecule has 1 atom stereocenters. The molecule has 6 nitrogen and oxygen atoms in total. The fourth-order valence-electron chi connectivity index (χ4n) is 2.34. The predicted octanol–water partition coefficient (Wildman–Crippen LogP) is 3.43. The number of amides is 1. The normalized spacial score (nSPS) is 12.3. The number of hydrogen-bond acceptors (Lipinski definition) is 5. The molecule has 0 aliphatic heterocycles. The van der Waals surface area contributed by atoms with Crippen LogP contribution in [-0.4, -0.2) is 37.4 Å². The van der Waals surface area contributed by atoms with E-state index in [0.29, 0.717) is 23.7 Å². The molecule has 152 valence electrons. The van der Waals surface area contributed by atoms with E-state index in [-0.39, 0.29) is 0 Å². The molecule has 0 saturated carbocycles. The molecule has 0 bridgehead atoms. The average molecular weight is 398 g/mol. The summed E-state index contributed by atoms with van der Waals surface area (Å²) in [5.74, 6) is 0.352. The Kier molecular flexibility index (Phi) is 7.62. The van der Waals surface area contributed by atoms with Crippen LogP contribution < -0.4 is 14.8 Å². The maximum atomic E-state index is 12.0. The lowest BCUT2D eigenvalue weighted by Gasteiger charge is -2.17. The number of pyridine rings is 1. The van der Waals surface area contributed by atoms with Crippen LogP contribution in [0.1, 0.15) is 24.1 Å². The Hall–Kier alpha value is -2.81. The van der Waals surface area contributed by atoms with Gasteiger partial charge < -0.3 is 19.5 Å². The van der Waals surface area contributed by atoms with Crippen molar-refractivity contribution in [2.75, 3.05) is 20.3 Å². The van der Waals surface area contributed by atoms with Gasteiger partial charge in [-0.2, -0.15) is 13.2 Å². The van der Waals surface area contributed by atoms with Gasteiger partial charge in [0, 0.05) is 12.4 Å². The molecule has 0 fully saturated rings. The number of aromatic nitrogens is 1. The van der Waals surface area contributed by atoms with Crippen molar-refractivity contribution in [2.45, 2.75) is 25.7 Å². The van der Waals surface area contributed by atoms with Crippen LogP contribution in [0.5, 0.6) is 11.5 Å². The van der Waals surface area contributed by atoms with E-state index in [2.05, 4.69) is 15.0 Å². The van der Waals surface area contributed by atoms with Crippen LogP contribution in [0.2, 0.25) is 0 Å². The van der Waals surface area contributed by atoms with Crippen molar-refractivity contribution in [1.29, 1.82) is 0 Å². The van der Waals surface area contributed by atoms with E-state index in [0.717, 1.165) is 5.56 Å². The minimum Gasteiger partial charge on any atom is -0.493 e. The number of halogens is 3. The molecule has 1 aromatic carbocycles. The number of hydrogen-bond donors (Lipinski definition) is 1. The molecule has 9 heteroatoms. The monoisotopic (exact) mass is 398 g/mol. The maximum Gasteiger partial charge on any atom is 0.411 e. The number of carbonyl (C=O) groups is 1. The van der Waals surface area contributed by atoms with E-state index < -0.39 is 31.3 Å². The third-order valence-electron chi connectivity index (χ3n) is 3.71. The van der Waals surface area contributed by atoms with Crippen molar-refractivity contribution in [3.8, 4) is 11.5 Å². The van der Waals surface area contributed by atoms with Crippen LogP contribution in [0, 0.1) is 0 Å². The molecule has 1 N–H and O–H groups in total. The molecule has 2 aromatic rings. The first-order valence-corrected chi connectivity index (χ1v) is 8.42. The quantitative estimate of drug-likeness (QED) is 0.701. The van der Waals surface area contributed by atoms with Crippen molar-refractivity contribution < 1.29 is 32.2 Å². The van der Waals surface area contributed by atoms with Crippen LogP contribution in [0.25, 0.3) is 0 Å². The molecular weight excluding hydrogens is 377 g/mol. The van der Waals surface area contributed by atoms with Gasteiger partial charge in [-0.15, -0.1) is 0 Å². The van der Waals surface area contributed by atoms with Crippen molar-refractivity contribution in [1.82, 2.24) is 10.3 Å². The SMILES string of the molecule is COc1cc(C(C)NC(=O)COCC(F)(F)F)ccc1OCc1ccncc1. The summed E-state index contributed by atoms with van der Waals surface area (Å²) < 4.78 is 51.6. The number of nitrogens with zero attached hydrogens (tertiary/aromatic N) is 1. The Balaban J connectivity index is 1.93. The van der Waals surface area contributed by atoms with Crippen molar-refractivity contribution in [3.63, 3.8) is 0 Å². The highest BCUT2D eigenvalue weighted by Crippen LogP contribution is 2.31. The molecule has 2 rings (SSSR count). The molecule has 1 heterocycles. The number of nitrogens with one attached hydrogen (secondary N) is 1. The van der Waals surface area contributed by atoms with Gasteiger partial charge in [0.25, 0.3) is 0 Å². The summed E-state index contributed by atoms with van der Waals surface area (Å²) in [7, 11) is 1.49. The molecule has 0 spiro atoms. The number of ether oxygens (including phenoxy) is 3. The number of benzene rings is 1. The highest BCUT2D eigenvalue weighted by atomic mass is 19.4. The topological polar surface area (TPSA) is 69.7 Å². The fourth-order valence-corrected chi connectivity index (χ4v) is 2.34. The van der Waals surface area contributed by atoms with Crippen molar-refractivity contribution >= 4 is 5.91 Å².